The summed E-state index contributed by atoms with van der Waals surface area (Å²) >= 11 is 0. The third kappa shape index (κ3) is 6.74. The van der Waals surface area contributed by atoms with Crippen LogP contribution >= 0.6 is 0 Å². The maximum absolute atomic E-state index is 12.8. The van der Waals surface area contributed by atoms with Gasteiger partial charge in [0.05, 0.1) is 13.7 Å². The highest BCUT2D eigenvalue weighted by atomic mass is 16.7. The lowest BCUT2D eigenvalue weighted by molar-refractivity contribution is -0.165. The molecule has 1 saturated heterocycles. The summed E-state index contributed by atoms with van der Waals surface area (Å²) in [5.41, 5.74) is 1.90. The van der Waals surface area contributed by atoms with Crippen molar-refractivity contribution in [2.75, 3.05) is 32.2 Å². The molecule has 1 aliphatic heterocycles. The summed E-state index contributed by atoms with van der Waals surface area (Å²) in [5, 5.41) is 2.86. The molecule has 2 aromatic carbocycles. The van der Waals surface area contributed by atoms with Crippen LogP contribution in [0.4, 0.5) is 5.69 Å². The number of nitrogens with one attached hydrogen (secondary N) is 1. The lowest BCUT2D eigenvalue weighted by atomic mass is 10.1. The molecule has 1 amide bonds. The molecule has 7 heteroatoms. The number of carbonyl (C=O) groups excluding carboxylic acids is 1. The molecule has 182 valence electrons. The normalized spacial score (nSPS) is 18.3. The first-order chi connectivity index (χ1) is 16.7. The van der Waals surface area contributed by atoms with Crippen molar-refractivity contribution in [3.05, 3.63) is 59.9 Å². The van der Waals surface area contributed by atoms with Gasteiger partial charge in [-0.1, -0.05) is 12.1 Å². The van der Waals surface area contributed by atoms with E-state index in [-0.39, 0.29) is 18.0 Å². The molecular formula is C27H33NO6. The van der Waals surface area contributed by atoms with Gasteiger partial charge in [-0.25, -0.2) is 0 Å². The summed E-state index contributed by atoms with van der Waals surface area (Å²) in [7, 11) is 1.56. The van der Waals surface area contributed by atoms with Gasteiger partial charge < -0.3 is 29.0 Å². The second kappa shape index (κ2) is 11.9. The van der Waals surface area contributed by atoms with Crippen molar-refractivity contribution < 1.29 is 28.5 Å². The van der Waals surface area contributed by atoms with Crippen molar-refractivity contribution in [2.45, 2.75) is 51.2 Å². The minimum Gasteiger partial charge on any atom is -0.493 e. The number of rotatable bonds is 11. The second-order valence-electron chi connectivity index (χ2n) is 8.43. The highest BCUT2D eigenvalue weighted by molar-refractivity contribution is 6.02. The first-order valence-corrected chi connectivity index (χ1v) is 12.0. The van der Waals surface area contributed by atoms with Crippen molar-refractivity contribution >= 4 is 11.6 Å². The van der Waals surface area contributed by atoms with Crippen LogP contribution in [-0.2, 0) is 14.3 Å². The number of benzene rings is 2. The molecule has 0 spiro atoms. The van der Waals surface area contributed by atoms with E-state index in [1.807, 2.05) is 12.1 Å². The van der Waals surface area contributed by atoms with Crippen LogP contribution in [0.25, 0.3) is 0 Å². The van der Waals surface area contributed by atoms with Crippen LogP contribution in [0.5, 0.6) is 17.2 Å². The van der Waals surface area contributed by atoms with Gasteiger partial charge >= 0.3 is 0 Å². The standard InChI is InChI=1S/C27H33NO6/c1-3-23(34-22-12-9-20(10-13-22)19-7-8-19)27(29)28-21-11-14-24(25(18-21)30-2)31-16-17-33-26-6-4-5-15-32-26/h3,9-14,18-19,26H,4-8,15-17H2,1-2H3,(H,28,29)/b23-3-. The molecule has 2 fully saturated rings. The van der Waals surface area contributed by atoms with Crippen LogP contribution in [0.15, 0.2) is 54.3 Å². The minimum absolute atomic E-state index is 0.143. The second-order valence-corrected chi connectivity index (χ2v) is 8.43. The number of ether oxygens (including phenoxy) is 5. The first-order valence-electron chi connectivity index (χ1n) is 12.0. The lowest BCUT2D eigenvalue weighted by Crippen LogP contribution is -2.24. The summed E-state index contributed by atoms with van der Waals surface area (Å²) in [5.74, 6) is 2.29. The van der Waals surface area contributed by atoms with Gasteiger partial charge in [0.2, 0.25) is 0 Å². The van der Waals surface area contributed by atoms with Gasteiger partial charge in [0.25, 0.3) is 5.91 Å². The molecule has 1 atom stereocenters. The fourth-order valence-corrected chi connectivity index (χ4v) is 3.82. The van der Waals surface area contributed by atoms with Gasteiger partial charge in [-0.3, -0.25) is 4.79 Å². The number of allylic oxidation sites excluding steroid dienone is 1. The molecule has 1 saturated carbocycles. The molecule has 1 heterocycles. The molecule has 4 rings (SSSR count). The zero-order valence-corrected chi connectivity index (χ0v) is 19.9. The Morgan fingerprint density at radius 3 is 2.56 bits per heavy atom. The van der Waals surface area contributed by atoms with Gasteiger partial charge in [0.1, 0.15) is 12.4 Å². The Hall–Kier alpha value is -3.03. The van der Waals surface area contributed by atoms with Crippen LogP contribution in [0.3, 0.4) is 0 Å². The average Bonchev–Trinajstić information content (AvgIpc) is 3.72. The van der Waals surface area contributed by atoms with Crippen LogP contribution in [-0.4, -0.2) is 39.1 Å². The molecule has 7 nitrogen and oxygen atoms in total. The third-order valence-electron chi connectivity index (χ3n) is 5.85. The van der Waals surface area contributed by atoms with Crippen LogP contribution < -0.4 is 19.5 Å². The van der Waals surface area contributed by atoms with Crippen molar-refractivity contribution in [3.63, 3.8) is 0 Å². The third-order valence-corrected chi connectivity index (χ3v) is 5.85. The van der Waals surface area contributed by atoms with Gasteiger partial charge in [-0.15, -0.1) is 0 Å². The molecule has 0 aromatic heterocycles. The number of anilines is 1. The lowest BCUT2D eigenvalue weighted by Gasteiger charge is -2.22. The molecule has 0 radical (unpaired) electrons. The fraction of sp³-hybridized carbons (Fsp3) is 0.444. The molecule has 2 aliphatic rings. The topological polar surface area (TPSA) is 75.3 Å². The monoisotopic (exact) mass is 467 g/mol. The maximum atomic E-state index is 12.8. The Bertz CT molecular complexity index is 977. The number of amides is 1. The summed E-state index contributed by atoms with van der Waals surface area (Å²) < 4.78 is 28.3. The number of hydrogen-bond acceptors (Lipinski definition) is 6. The quantitative estimate of drug-likeness (QED) is 0.270. The SMILES string of the molecule is C/C=C(\Oc1ccc(C2CC2)cc1)C(=O)Nc1ccc(OCCOC2CCCCO2)c(OC)c1. The zero-order chi connectivity index (χ0) is 23.8. The Labute approximate surface area is 201 Å². The van der Waals surface area contributed by atoms with E-state index in [0.29, 0.717) is 42.1 Å². The Kier molecular flexibility index (Phi) is 8.44. The molecular weight excluding hydrogens is 434 g/mol. The summed E-state index contributed by atoms with van der Waals surface area (Å²) in [6.45, 7) is 3.32. The Balaban J connectivity index is 1.28. The average molecular weight is 468 g/mol. The molecule has 1 N–H and O–H groups in total. The molecule has 0 bridgehead atoms. The highest BCUT2D eigenvalue weighted by Crippen LogP contribution is 2.40. The van der Waals surface area contributed by atoms with Crippen LogP contribution in [0, 0.1) is 0 Å². The molecule has 1 aliphatic carbocycles. The van der Waals surface area contributed by atoms with Crippen LogP contribution in [0.2, 0.25) is 0 Å². The largest absolute Gasteiger partial charge is 0.493 e. The van der Waals surface area contributed by atoms with E-state index in [9.17, 15) is 4.79 Å². The van der Waals surface area contributed by atoms with Crippen molar-refractivity contribution in [1.82, 2.24) is 0 Å². The van der Waals surface area contributed by atoms with Gasteiger partial charge in [0, 0.05) is 18.4 Å². The Morgan fingerprint density at radius 1 is 1.06 bits per heavy atom. The van der Waals surface area contributed by atoms with E-state index >= 15 is 0 Å². The number of hydrogen-bond donors (Lipinski definition) is 1. The van der Waals surface area contributed by atoms with E-state index < -0.39 is 0 Å². The van der Waals surface area contributed by atoms with E-state index in [2.05, 4.69) is 17.4 Å². The van der Waals surface area contributed by atoms with Crippen molar-refractivity contribution in [3.8, 4) is 17.2 Å². The van der Waals surface area contributed by atoms with Crippen LogP contribution in [0.1, 0.15) is 50.5 Å². The van der Waals surface area contributed by atoms with Crippen molar-refractivity contribution in [1.29, 1.82) is 0 Å². The van der Waals surface area contributed by atoms with Gasteiger partial charge in [0.15, 0.2) is 23.5 Å². The summed E-state index contributed by atoms with van der Waals surface area (Å²) in [6, 6.07) is 13.2. The first kappa shape index (κ1) is 24.1. The van der Waals surface area contributed by atoms with Crippen molar-refractivity contribution in [2.24, 2.45) is 0 Å². The Morgan fingerprint density at radius 2 is 1.88 bits per heavy atom. The fourth-order valence-electron chi connectivity index (χ4n) is 3.82. The van der Waals surface area contributed by atoms with Gasteiger partial charge in [-0.05, 0) is 80.9 Å². The van der Waals surface area contributed by atoms with E-state index in [4.69, 9.17) is 23.7 Å². The summed E-state index contributed by atoms with van der Waals surface area (Å²) in [4.78, 5) is 12.8. The zero-order valence-electron chi connectivity index (χ0n) is 19.9. The minimum atomic E-state index is -0.342. The number of methoxy groups -OCH3 is 1. The van der Waals surface area contributed by atoms with E-state index in [1.165, 1.54) is 18.4 Å². The highest BCUT2D eigenvalue weighted by Gasteiger charge is 2.23. The molecule has 1 unspecified atom stereocenters. The van der Waals surface area contributed by atoms with E-state index in [0.717, 1.165) is 25.9 Å². The van der Waals surface area contributed by atoms with E-state index in [1.54, 1.807) is 38.3 Å². The smallest absolute Gasteiger partial charge is 0.291 e. The summed E-state index contributed by atoms with van der Waals surface area (Å²) in [6.07, 6.45) is 7.13. The molecule has 2 aromatic rings. The predicted octanol–water partition coefficient (Wildman–Crippen LogP) is 5.42. The van der Waals surface area contributed by atoms with Gasteiger partial charge in [-0.2, -0.15) is 0 Å². The number of carbonyl (C=O) groups is 1. The predicted molar refractivity (Wildman–Crippen MR) is 129 cm³/mol. The maximum Gasteiger partial charge on any atom is 0.291 e. The molecule has 34 heavy (non-hydrogen) atoms.